The molecular weight excluding hydrogens is 294 g/mol. The van der Waals surface area contributed by atoms with Crippen molar-refractivity contribution in [2.45, 2.75) is 0 Å². The monoisotopic (exact) mass is 305 g/mol. The lowest BCUT2D eigenvalue weighted by Crippen LogP contribution is -1.97. The van der Waals surface area contributed by atoms with Crippen LogP contribution in [-0.4, -0.2) is 28.5 Å². The number of nitrogens with zero attached hydrogens (tertiary/aromatic N) is 3. The van der Waals surface area contributed by atoms with Crippen LogP contribution in [0.5, 0.6) is 11.5 Å². The Kier molecular flexibility index (Phi) is 3.22. The number of nitro benzene ring substituents is 1. The van der Waals surface area contributed by atoms with Crippen molar-refractivity contribution < 1.29 is 14.4 Å². The lowest BCUT2D eigenvalue weighted by Gasteiger charge is -2.09. The van der Waals surface area contributed by atoms with Crippen molar-refractivity contribution in [3.8, 4) is 22.8 Å². The zero-order valence-corrected chi connectivity index (χ0v) is 12.1. The molecule has 3 aromatic rings. The van der Waals surface area contributed by atoms with Crippen LogP contribution >= 0.6 is 11.3 Å². The maximum Gasteiger partial charge on any atom is 0.282 e. The van der Waals surface area contributed by atoms with Gasteiger partial charge in [0.05, 0.1) is 36.5 Å². The van der Waals surface area contributed by atoms with Crippen LogP contribution in [0.15, 0.2) is 29.9 Å². The molecule has 3 rings (SSSR count). The van der Waals surface area contributed by atoms with Crippen LogP contribution in [0.2, 0.25) is 0 Å². The van der Waals surface area contributed by atoms with Gasteiger partial charge in [-0.05, 0) is 0 Å². The minimum Gasteiger partial charge on any atom is -0.493 e. The average molecular weight is 305 g/mol. The Morgan fingerprint density at radius 1 is 1.29 bits per heavy atom. The van der Waals surface area contributed by atoms with Crippen LogP contribution in [0.25, 0.3) is 16.2 Å². The van der Waals surface area contributed by atoms with E-state index in [-0.39, 0.29) is 5.69 Å². The maximum atomic E-state index is 11.3. The molecule has 0 unspecified atom stereocenters. The van der Waals surface area contributed by atoms with E-state index in [1.165, 1.54) is 31.6 Å². The van der Waals surface area contributed by atoms with Crippen molar-refractivity contribution in [3.63, 3.8) is 0 Å². The van der Waals surface area contributed by atoms with Crippen molar-refractivity contribution in [1.82, 2.24) is 9.38 Å². The summed E-state index contributed by atoms with van der Waals surface area (Å²) in [6.45, 7) is 0. The summed E-state index contributed by atoms with van der Waals surface area (Å²) in [7, 11) is 2.92. The molecular formula is C13H11N3O4S. The Labute approximate surface area is 123 Å². The second kappa shape index (κ2) is 5.06. The molecule has 0 amide bonds. The number of thiazole rings is 1. The summed E-state index contributed by atoms with van der Waals surface area (Å²) in [4.78, 5) is 16.0. The number of imidazole rings is 1. The van der Waals surface area contributed by atoms with Gasteiger partial charge in [-0.1, -0.05) is 0 Å². The molecule has 0 bridgehead atoms. The Hall–Kier alpha value is -2.61. The first-order valence-electron chi connectivity index (χ1n) is 5.97. The van der Waals surface area contributed by atoms with Gasteiger partial charge in [-0.2, -0.15) is 0 Å². The fraction of sp³-hybridized carbons (Fsp3) is 0.154. The van der Waals surface area contributed by atoms with Crippen LogP contribution in [0.1, 0.15) is 0 Å². The molecule has 2 aromatic heterocycles. The highest BCUT2D eigenvalue weighted by molar-refractivity contribution is 7.15. The van der Waals surface area contributed by atoms with Gasteiger partial charge in [0, 0.05) is 23.8 Å². The van der Waals surface area contributed by atoms with Gasteiger partial charge in [0.1, 0.15) is 0 Å². The Morgan fingerprint density at radius 2 is 2.00 bits per heavy atom. The van der Waals surface area contributed by atoms with Crippen molar-refractivity contribution in [1.29, 1.82) is 0 Å². The average Bonchev–Trinajstić information content (AvgIpc) is 3.06. The number of fused-ring (bicyclic) bond motifs is 1. The van der Waals surface area contributed by atoms with Gasteiger partial charge in [-0.15, -0.1) is 11.3 Å². The molecule has 1 aromatic carbocycles. The SMILES string of the molecule is COc1cc(-c2cn3ccsc3n2)c([N+](=O)[O-])cc1OC. The van der Waals surface area contributed by atoms with Crippen molar-refractivity contribution in [2.75, 3.05) is 14.2 Å². The van der Waals surface area contributed by atoms with E-state index in [1.54, 1.807) is 12.3 Å². The molecule has 0 saturated heterocycles. The van der Waals surface area contributed by atoms with Crippen molar-refractivity contribution >= 4 is 22.0 Å². The summed E-state index contributed by atoms with van der Waals surface area (Å²) < 4.78 is 12.1. The highest BCUT2D eigenvalue weighted by Crippen LogP contribution is 2.39. The summed E-state index contributed by atoms with van der Waals surface area (Å²) in [6, 6.07) is 2.92. The number of rotatable bonds is 4. The van der Waals surface area contributed by atoms with Gasteiger partial charge in [0.25, 0.3) is 5.69 Å². The third-order valence-electron chi connectivity index (χ3n) is 3.07. The standard InChI is InChI=1S/C13H11N3O4S/c1-19-11-5-8(10(16(17)18)6-12(11)20-2)9-7-15-3-4-21-13(15)14-9/h3-7H,1-2H3. The van der Waals surface area contributed by atoms with E-state index in [0.717, 1.165) is 4.96 Å². The van der Waals surface area contributed by atoms with E-state index in [2.05, 4.69) is 4.98 Å². The first-order chi connectivity index (χ1) is 10.1. The molecule has 0 aliphatic heterocycles. The molecule has 0 aliphatic carbocycles. The zero-order chi connectivity index (χ0) is 15.0. The molecule has 0 fully saturated rings. The molecule has 0 atom stereocenters. The molecule has 7 nitrogen and oxygen atoms in total. The number of hydrogen-bond donors (Lipinski definition) is 0. The second-order valence-electron chi connectivity index (χ2n) is 4.20. The van der Waals surface area contributed by atoms with Crippen LogP contribution in [0.3, 0.4) is 0 Å². The van der Waals surface area contributed by atoms with E-state index in [0.29, 0.717) is 22.8 Å². The van der Waals surface area contributed by atoms with Gasteiger partial charge in [0.2, 0.25) is 0 Å². The number of methoxy groups -OCH3 is 2. The number of ether oxygens (including phenoxy) is 2. The first-order valence-corrected chi connectivity index (χ1v) is 6.85. The van der Waals surface area contributed by atoms with Gasteiger partial charge in [0.15, 0.2) is 16.5 Å². The molecule has 0 saturated carbocycles. The Bertz CT molecular complexity index is 796. The third-order valence-corrected chi connectivity index (χ3v) is 3.84. The van der Waals surface area contributed by atoms with E-state index in [1.807, 2.05) is 16.0 Å². The molecule has 2 heterocycles. The summed E-state index contributed by atoms with van der Waals surface area (Å²) in [5.74, 6) is 0.739. The van der Waals surface area contributed by atoms with E-state index in [9.17, 15) is 10.1 Å². The lowest BCUT2D eigenvalue weighted by atomic mass is 10.1. The van der Waals surface area contributed by atoms with E-state index < -0.39 is 4.92 Å². The predicted octanol–water partition coefficient (Wildman–Crippen LogP) is 2.99. The Morgan fingerprint density at radius 3 is 2.62 bits per heavy atom. The summed E-state index contributed by atoms with van der Waals surface area (Å²) >= 11 is 1.46. The molecule has 0 N–H and O–H groups in total. The predicted molar refractivity (Wildman–Crippen MR) is 78.3 cm³/mol. The minimum absolute atomic E-state index is 0.0709. The fourth-order valence-corrected chi connectivity index (χ4v) is 2.78. The largest absolute Gasteiger partial charge is 0.493 e. The zero-order valence-electron chi connectivity index (χ0n) is 11.3. The van der Waals surface area contributed by atoms with Crippen LogP contribution in [-0.2, 0) is 0 Å². The normalized spacial score (nSPS) is 10.8. The number of hydrogen-bond acceptors (Lipinski definition) is 6. The molecule has 0 aliphatic rings. The third kappa shape index (κ3) is 2.19. The number of benzene rings is 1. The molecule has 108 valence electrons. The molecule has 0 spiro atoms. The summed E-state index contributed by atoms with van der Waals surface area (Å²) in [5.41, 5.74) is 0.849. The van der Waals surface area contributed by atoms with E-state index >= 15 is 0 Å². The smallest absolute Gasteiger partial charge is 0.282 e. The maximum absolute atomic E-state index is 11.3. The lowest BCUT2D eigenvalue weighted by molar-refractivity contribution is -0.384. The minimum atomic E-state index is -0.454. The highest BCUT2D eigenvalue weighted by Gasteiger charge is 2.22. The molecule has 0 radical (unpaired) electrons. The van der Waals surface area contributed by atoms with Gasteiger partial charge in [-0.25, -0.2) is 4.98 Å². The van der Waals surface area contributed by atoms with Crippen molar-refractivity contribution in [2.24, 2.45) is 0 Å². The quantitative estimate of drug-likeness (QED) is 0.547. The summed E-state index contributed by atoms with van der Waals surface area (Å²) in [5, 5.41) is 13.2. The van der Waals surface area contributed by atoms with Crippen molar-refractivity contribution in [3.05, 3.63) is 40.0 Å². The van der Waals surface area contributed by atoms with Gasteiger partial charge >= 0.3 is 0 Å². The molecule has 8 heteroatoms. The second-order valence-corrected chi connectivity index (χ2v) is 5.07. The summed E-state index contributed by atoms with van der Waals surface area (Å²) in [6.07, 6.45) is 3.60. The fourth-order valence-electron chi connectivity index (χ4n) is 2.08. The van der Waals surface area contributed by atoms with Crippen LogP contribution in [0, 0.1) is 10.1 Å². The topological polar surface area (TPSA) is 78.9 Å². The van der Waals surface area contributed by atoms with Gasteiger partial charge in [-0.3, -0.25) is 14.5 Å². The van der Waals surface area contributed by atoms with Crippen LogP contribution in [0.4, 0.5) is 5.69 Å². The van der Waals surface area contributed by atoms with E-state index in [4.69, 9.17) is 9.47 Å². The Balaban J connectivity index is 2.24. The molecule has 21 heavy (non-hydrogen) atoms. The number of nitro groups is 1. The van der Waals surface area contributed by atoms with Gasteiger partial charge < -0.3 is 9.47 Å². The first kappa shape index (κ1) is 13.4. The number of aromatic nitrogens is 2. The highest BCUT2D eigenvalue weighted by atomic mass is 32.1. The van der Waals surface area contributed by atoms with Crippen LogP contribution < -0.4 is 9.47 Å².